The van der Waals surface area contributed by atoms with Crippen LogP contribution >= 0.6 is 0 Å². The molecule has 0 radical (unpaired) electrons. The van der Waals surface area contributed by atoms with Crippen molar-refractivity contribution in [1.82, 2.24) is 0 Å². The summed E-state index contributed by atoms with van der Waals surface area (Å²) in [6, 6.07) is 44.6. The summed E-state index contributed by atoms with van der Waals surface area (Å²) >= 11 is 0. The smallest absolute Gasteiger partial charge is 0.337 e. The normalized spacial score (nSPS) is 11.1. The van der Waals surface area contributed by atoms with Crippen LogP contribution < -0.4 is 32.8 Å². The standard InChI is InChI=1S/C54H57BO6.C51H51BO6/c1-28-34(7)49(35(8)29(2)46(28)40-16-22-43(23-17-40)52(56)59-13)55(50-36(9)30(3)47(31(4)37(50)10)41-18-24-44(25-19-41)53(57)60-14)51-38(11)32(5)48(33(6)39(51)12)42-20-26-45(27-21-42)54(58)61-15;1-25-31(7)46(32(8)26(2)43(25)37-13-19-40(20-14-37)49(53)54)52(47-33(9)27(3)44(28(4)34(47)10)38-15-21-41(22-16-38)50(55)56)48-35(11)29(5)45(30(6)36(48)12)39-17-23-42(24-18-39)51(57)58/h16-27H,1-15H3;13-24H,1-12H3,(H,53,54)(H,55,56)(H,57,58). The summed E-state index contributed by atoms with van der Waals surface area (Å²) < 4.78 is 15.0. The molecule has 0 unspecified atom stereocenters. The van der Waals surface area contributed by atoms with E-state index in [9.17, 15) is 44.1 Å². The molecule has 12 aromatic carbocycles. The number of ether oxygens (including phenoxy) is 3. The van der Waals surface area contributed by atoms with Crippen molar-refractivity contribution in [3.05, 3.63) is 312 Å². The second-order valence-electron chi connectivity index (χ2n) is 32.5. The highest BCUT2D eigenvalue weighted by atomic mass is 16.5. The summed E-state index contributed by atoms with van der Waals surface area (Å²) in [5.41, 5.74) is 51.4. The van der Waals surface area contributed by atoms with Gasteiger partial charge in [0, 0.05) is 0 Å². The Kier molecular flexibility index (Phi) is 25.5. The van der Waals surface area contributed by atoms with Gasteiger partial charge in [-0.25, -0.2) is 28.8 Å². The van der Waals surface area contributed by atoms with Crippen LogP contribution in [-0.2, 0) is 14.2 Å². The van der Waals surface area contributed by atoms with Crippen LogP contribution in [0.3, 0.4) is 0 Å². The van der Waals surface area contributed by atoms with E-state index in [1.54, 1.807) is 36.4 Å². The van der Waals surface area contributed by atoms with Gasteiger partial charge in [-0.1, -0.05) is 172 Å². The van der Waals surface area contributed by atoms with E-state index in [1.807, 2.05) is 109 Å². The second-order valence-corrected chi connectivity index (χ2v) is 32.5. The number of carboxylic acid groups (broad SMARTS) is 3. The average molecular weight is 1580 g/mol. The van der Waals surface area contributed by atoms with Crippen molar-refractivity contribution in [2.24, 2.45) is 0 Å². The Labute approximate surface area is 702 Å². The third-order valence-corrected chi connectivity index (χ3v) is 26.9. The Morgan fingerprint density at radius 2 is 0.294 bits per heavy atom. The van der Waals surface area contributed by atoms with Crippen LogP contribution in [0.15, 0.2) is 146 Å². The number of hydrogen-bond donors (Lipinski definition) is 3. The maximum atomic E-state index is 12.3. The van der Waals surface area contributed by atoms with E-state index in [0.29, 0.717) is 16.7 Å². The molecule has 0 saturated carbocycles. The lowest BCUT2D eigenvalue weighted by atomic mass is 9.32. The second kappa shape index (κ2) is 34.6. The Morgan fingerprint density at radius 1 is 0.185 bits per heavy atom. The summed E-state index contributed by atoms with van der Waals surface area (Å²) in [5, 5.41) is 28.8. The van der Waals surface area contributed by atoms with E-state index in [-0.39, 0.29) is 48.0 Å². The minimum atomic E-state index is -0.954. The highest BCUT2D eigenvalue weighted by molar-refractivity contribution is 6.98. The Hall–Kier alpha value is -12.4. The molecule has 12 aromatic rings. The van der Waals surface area contributed by atoms with Gasteiger partial charge in [0.2, 0.25) is 13.4 Å². The number of esters is 3. The Morgan fingerprint density at radius 3 is 0.395 bits per heavy atom. The summed E-state index contributed by atoms with van der Waals surface area (Å²) in [5.74, 6) is -3.93. The number of carbonyl (C=O) groups is 6. The Balaban J connectivity index is 0.000000233. The van der Waals surface area contributed by atoms with Crippen LogP contribution in [0.25, 0.3) is 66.8 Å². The number of methoxy groups -OCH3 is 3. The molecule has 0 heterocycles. The van der Waals surface area contributed by atoms with E-state index < -0.39 is 17.9 Å². The molecular weight excluding hydrogens is 1470 g/mol. The van der Waals surface area contributed by atoms with Gasteiger partial charge in [0.1, 0.15) is 0 Å². The van der Waals surface area contributed by atoms with Crippen LogP contribution in [0.4, 0.5) is 0 Å². The molecule has 12 nitrogen and oxygen atoms in total. The van der Waals surface area contributed by atoms with Crippen molar-refractivity contribution in [3.63, 3.8) is 0 Å². The van der Waals surface area contributed by atoms with E-state index in [4.69, 9.17) is 14.2 Å². The molecule has 0 aliphatic rings. The SMILES string of the molecule is COC(=O)c1ccc(-c2c(C)c(C)c(B(c3c(C)c(C)c(-c4ccc(C(=O)OC)cc4)c(C)c3C)c3c(C)c(C)c(-c4ccc(C(=O)OC)cc4)c(C)c3C)c(C)c2C)cc1.Cc1c(C)c(-c2ccc(C(=O)O)cc2)c(C)c(C)c1B(c1c(C)c(C)c(-c2ccc(C(=O)O)cc2)c(C)c1C)c1c(C)c(C)c(-c2ccc(C(=O)O)cc2)c(C)c1C. The first kappa shape index (κ1) is 87.4. The quantitative estimate of drug-likeness (QED) is 0.0419. The van der Waals surface area contributed by atoms with Crippen molar-refractivity contribution in [2.45, 2.75) is 166 Å². The van der Waals surface area contributed by atoms with Crippen molar-refractivity contribution < 1.29 is 58.3 Å². The van der Waals surface area contributed by atoms with Crippen LogP contribution in [-0.4, -0.2) is 85.9 Å². The molecule has 0 bridgehead atoms. The van der Waals surface area contributed by atoms with Gasteiger partial charge in [-0.3, -0.25) is 0 Å². The summed E-state index contributed by atoms with van der Waals surface area (Å²) in [6.07, 6.45) is 0. The minimum Gasteiger partial charge on any atom is -0.478 e. The number of carbonyl (C=O) groups excluding carboxylic acids is 3. The van der Waals surface area contributed by atoms with Crippen LogP contribution in [0.2, 0.25) is 0 Å². The average Bonchev–Trinajstić information content (AvgIpc) is 0.722. The van der Waals surface area contributed by atoms with Crippen LogP contribution in [0, 0.1) is 166 Å². The molecule has 0 amide bonds. The molecule has 0 saturated heterocycles. The van der Waals surface area contributed by atoms with Crippen molar-refractivity contribution in [3.8, 4) is 66.8 Å². The van der Waals surface area contributed by atoms with E-state index in [1.165, 1.54) is 171 Å². The van der Waals surface area contributed by atoms with Gasteiger partial charge < -0.3 is 29.5 Å². The summed E-state index contributed by atoms with van der Waals surface area (Å²) in [7, 11) is 4.21. The molecule has 14 heteroatoms. The fourth-order valence-corrected chi connectivity index (χ4v) is 19.1. The first-order valence-electron chi connectivity index (χ1n) is 40.4. The van der Waals surface area contributed by atoms with Gasteiger partial charge in [0.15, 0.2) is 0 Å². The molecule has 3 N–H and O–H groups in total. The van der Waals surface area contributed by atoms with Gasteiger partial charge in [-0.05, 0) is 372 Å². The molecule has 12 rings (SSSR count). The van der Waals surface area contributed by atoms with Gasteiger partial charge in [0.05, 0.1) is 54.7 Å². The molecular formula is C105H108B2O12. The number of aromatic carboxylic acids is 3. The molecule has 0 aromatic heterocycles. The first-order chi connectivity index (χ1) is 56.2. The van der Waals surface area contributed by atoms with E-state index in [2.05, 4.69) is 166 Å². The minimum absolute atomic E-state index is 0.116. The zero-order valence-electron chi connectivity index (χ0n) is 74.0. The van der Waals surface area contributed by atoms with Gasteiger partial charge in [-0.15, -0.1) is 0 Å². The third kappa shape index (κ3) is 15.6. The first-order valence-corrected chi connectivity index (χ1v) is 40.4. The highest BCUT2D eigenvalue weighted by Gasteiger charge is 2.39. The predicted molar refractivity (Wildman–Crippen MR) is 489 cm³/mol. The lowest BCUT2D eigenvalue weighted by Crippen LogP contribution is -2.58. The van der Waals surface area contributed by atoms with Gasteiger partial charge in [-0.2, -0.15) is 0 Å². The Bertz CT molecular complexity index is 5410. The molecule has 119 heavy (non-hydrogen) atoms. The number of benzene rings is 12. The number of carboxylic acids is 3. The maximum absolute atomic E-state index is 12.3. The fraction of sp³-hybridized carbons (Fsp3) is 0.257. The molecule has 606 valence electrons. The zero-order chi connectivity index (χ0) is 87.4. The number of hydrogen-bond acceptors (Lipinski definition) is 9. The van der Waals surface area contributed by atoms with E-state index >= 15 is 0 Å². The topological polar surface area (TPSA) is 191 Å². The van der Waals surface area contributed by atoms with Crippen LogP contribution in [0.5, 0.6) is 0 Å². The van der Waals surface area contributed by atoms with Gasteiger partial charge >= 0.3 is 35.8 Å². The molecule has 0 aliphatic heterocycles. The maximum Gasteiger partial charge on any atom is 0.337 e. The molecule has 0 fully saturated rings. The van der Waals surface area contributed by atoms with Crippen LogP contribution in [0.1, 0.15) is 196 Å². The van der Waals surface area contributed by atoms with Gasteiger partial charge in [0.25, 0.3) is 0 Å². The molecule has 0 aliphatic carbocycles. The zero-order valence-corrected chi connectivity index (χ0v) is 74.0. The lowest BCUT2D eigenvalue weighted by molar-refractivity contribution is 0.0592. The van der Waals surface area contributed by atoms with E-state index in [0.717, 1.165) is 83.5 Å². The number of rotatable bonds is 18. The summed E-state index contributed by atoms with van der Waals surface area (Å²) in [6.45, 7) is 52.9. The fourth-order valence-electron chi connectivity index (χ4n) is 19.1. The lowest BCUT2D eigenvalue weighted by Gasteiger charge is -2.33. The highest BCUT2D eigenvalue weighted by Crippen LogP contribution is 2.41. The van der Waals surface area contributed by atoms with Crippen molar-refractivity contribution >= 4 is 82.0 Å². The monoisotopic (exact) mass is 1580 g/mol. The van der Waals surface area contributed by atoms with Crippen molar-refractivity contribution in [2.75, 3.05) is 21.3 Å². The third-order valence-electron chi connectivity index (χ3n) is 26.9. The largest absolute Gasteiger partial charge is 0.478 e. The molecule has 0 atom stereocenters. The molecule has 0 spiro atoms. The van der Waals surface area contributed by atoms with Crippen molar-refractivity contribution in [1.29, 1.82) is 0 Å². The summed E-state index contributed by atoms with van der Waals surface area (Å²) in [4.78, 5) is 72.2. The predicted octanol–water partition coefficient (Wildman–Crippen LogP) is 20.3.